The monoisotopic (exact) mass is 350 g/mol. The van der Waals surface area contributed by atoms with Crippen molar-refractivity contribution in [2.24, 2.45) is 0 Å². The molecule has 0 aliphatic rings. The summed E-state index contributed by atoms with van der Waals surface area (Å²) in [6.07, 6.45) is 1.79. The molecule has 0 aliphatic heterocycles. The molecule has 0 aliphatic carbocycles. The zero-order valence-electron chi connectivity index (χ0n) is 11.9. The molecular weight excluding hydrogens is 336 g/mol. The molecule has 3 heterocycles. The third-order valence-electron chi connectivity index (χ3n) is 2.76. The van der Waals surface area contributed by atoms with Crippen LogP contribution in [0.1, 0.15) is 11.5 Å². The zero-order valence-corrected chi connectivity index (χ0v) is 14.4. The molecule has 5 nitrogen and oxygen atoms in total. The highest BCUT2D eigenvalue weighted by molar-refractivity contribution is 8.00. The third kappa shape index (κ3) is 3.57. The van der Waals surface area contributed by atoms with Gasteiger partial charge >= 0.3 is 0 Å². The molecule has 0 fully saturated rings. The molecule has 3 rings (SSSR count). The van der Waals surface area contributed by atoms with Crippen molar-refractivity contribution in [3.63, 3.8) is 0 Å². The SMILES string of the molecule is C=CCNc1nnc(SCc2nc(-c3cccs3)oc2C)s1. The van der Waals surface area contributed by atoms with Crippen LogP contribution in [0.3, 0.4) is 0 Å². The van der Waals surface area contributed by atoms with Gasteiger partial charge in [0.2, 0.25) is 11.0 Å². The van der Waals surface area contributed by atoms with Crippen LogP contribution in [0.4, 0.5) is 5.13 Å². The molecule has 3 aromatic heterocycles. The van der Waals surface area contributed by atoms with Gasteiger partial charge < -0.3 is 9.73 Å². The first-order valence-electron chi connectivity index (χ1n) is 6.57. The molecule has 0 amide bonds. The van der Waals surface area contributed by atoms with Crippen LogP contribution in [0, 0.1) is 6.92 Å². The molecule has 0 unspecified atom stereocenters. The van der Waals surface area contributed by atoms with E-state index in [0.717, 1.165) is 31.6 Å². The fourth-order valence-electron chi connectivity index (χ4n) is 1.70. The van der Waals surface area contributed by atoms with Gasteiger partial charge in [-0.05, 0) is 18.4 Å². The number of hydrogen-bond donors (Lipinski definition) is 1. The van der Waals surface area contributed by atoms with E-state index in [9.17, 15) is 0 Å². The number of rotatable bonds is 7. The Hall–Kier alpha value is -1.64. The molecule has 8 heteroatoms. The summed E-state index contributed by atoms with van der Waals surface area (Å²) in [5, 5.41) is 14.2. The van der Waals surface area contributed by atoms with Gasteiger partial charge in [-0.2, -0.15) is 0 Å². The summed E-state index contributed by atoms with van der Waals surface area (Å²) in [6.45, 7) is 6.29. The summed E-state index contributed by atoms with van der Waals surface area (Å²) in [5.74, 6) is 2.26. The predicted molar refractivity (Wildman–Crippen MR) is 92.7 cm³/mol. The van der Waals surface area contributed by atoms with Gasteiger partial charge in [0, 0.05) is 12.3 Å². The highest BCUT2D eigenvalue weighted by Crippen LogP contribution is 2.31. The molecule has 3 aromatic rings. The second kappa shape index (κ2) is 7.08. The topological polar surface area (TPSA) is 63.8 Å². The summed E-state index contributed by atoms with van der Waals surface area (Å²) in [7, 11) is 0. The van der Waals surface area contributed by atoms with E-state index in [1.807, 2.05) is 24.4 Å². The van der Waals surface area contributed by atoms with Crippen LogP contribution in [0.2, 0.25) is 0 Å². The Kier molecular flexibility index (Phi) is 4.91. The number of thioether (sulfide) groups is 1. The van der Waals surface area contributed by atoms with Crippen molar-refractivity contribution in [3.05, 3.63) is 41.6 Å². The fraction of sp³-hybridized carbons (Fsp3) is 0.214. The number of nitrogens with zero attached hydrogens (tertiary/aromatic N) is 3. The maximum atomic E-state index is 5.74. The average molecular weight is 350 g/mol. The van der Waals surface area contributed by atoms with Crippen LogP contribution in [-0.2, 0) is 5.75 Å². The fourth-order valence-corrected chi connectivity index (χ4v) is 4.11. The van der Waals surface area contributed by atoms with Crippen LogP contribution in [0.25, 0.3) is 10.8 Å². The molecule has 0 saturated heterocycles. The van der Waals surface area contributed by atoms with E-state index in [1.54, 1.807) is 29.2 Å². The van der Waals surface area contributed by atoms with E-state index in [4.69, 9.17) is 4.42 Å². The number of nitrogens with one attached hydrogen (secondary N) is 1. The molecule has 1 N–H and O–H groups in total. The summed E-state index contributed by atoms with van der Waals surface area (Å²) in [6, 6.07) is 4.00. The number of thiophene rings is 1. The molecule has 0 saturated carbocycles. The van der Waals surface area contributed by atoms with Gasteiger partial charge in [-0.15, -0.1) is 28.1 Å². The smallest absolute Gasteiger partial charge is 0.236 e. The molecule has 0 radical (unpaired) electrons. The molecule has 0 aromatic carbocycles. The Balaban J connectivity index is 1.64. The van der Waals surface area contributed by atoms with E-state index in [-0.39, 0.29) is 0 Å². The van der Waals surface area contributed by atoms with Gasteiger partial charge in [-0.25, -0.2) is 4.98 Å². The highest BCUT2D eigenvalue weighted by atomic mass is 32.2. The number of aromatic nitrogens is 3. The lowest BCUT2D eigenvalue weighted by molar-refractivity contribution is 0.542. The van der Waals surface area contributed by atoms with Gasteiger partial charge in [0.1, 0.15) is 5.76 Å². The summed E-state index contributed by atoms with van der Waals surface area (Å²) in [5.41, 5.74) is 0.948. The average Bonchev–Trinajstić information content (AvgIpc) is 3.24. The lowest BCUT2D eigenvalue weighted by atomic mass is 10.4. The van der Waals surface area contributed by atoms with Crippen molar-refractivity contribution >= 4 is 39.6 Å². The van der Waals surface area contributed by atoms with Crippen molar-refractivity contribution in [1.82, 2.24) is 15.2 Å². The standard InChI is InChI=1S/C14H14N4OS3/c1-3-6-15-13-17-18-14(22-13)21-8-10-9(2)19-12(16-10)11-5-4-7-20-11/h3-5,7H,1,6,8H2,2H3,(H,15,17). The second-order valence-electron chi connectivity index (χ2n) is 4.33. The van der Waals surface area contributed by atoms with Gasteiger partial charge in [0.15, 0.2) is 4.34 Å². The Bertz CT molecular complexity index is 748. The van der Waals surface area contributed by atoms with E-state index >= 15 is 0 Å². The minimum absolute atomic E-state index is 0.686. The highest BCUT2D eigenvalue weighted by Gasteiger charge is 2.13. The first-order valence-corrected chi connectivity index (χ1v) is 9.25. The molecular formula is C14H14N4OS3. The largest absolute Gasteiger partial charge is 0.440 e. The van der Waals surface area contributed by atoms with E-state index < -0.39 is 0 Å². The number of aryl methyl sites for hydroxylation is 1. The maximum Gasteiger partial charge on any atom is 0.236 e. The third-order valence-corrected chi connectivity index (χ3v) is 5.64. The normalized spacial score (nSPS) is 10.8. The summed E-state index contributed by atoms with van der Waals surface area (Å²) >= 11 is 4.76. The minimum Gasteiger partial charge on any atom is -0.440 e. The molecule has 0 atom stereocenters. The first kappa shape index (κ1) is 15.3. The van der Waals surface area contributed by atoms with Gasteiger partial charge in [-0.3, -0.25) is 0 Å². The Labute approximate surface area is 140 Å². The number of anilines is 1. The van der Waals surface area contributed by atoms with Crippen LogP contribution < -0.4 is 5.32 Å². The quantitative estimate of drug-likeness (QED) is 0.501. The van der Waals surface area contributed by atoms with Crippen molar-refractivity contribution < 1.29 is 4.42 Å². The van der Waals surface area contributed by atoms with Gasteiger partial charge in [0.25, 0.3) is 0 Å². The predicted octanol–water partition coefficient (Wildman–Crippen LogP) is 4.45. The van der Waals surface area contributed by atoms with Crippen molar-refractivity contribution in [2.75, 3.05) is 11.9 Å². The summed E-state index contributed by atoms with van der Waals surface area (Å²) < 4.78 is 6.64. The van der Waals surface area contributed by atoms with E-state index in [2.05, 4.69) is 27.1 Å². The Morgan fingerprint density at radius 1 is 1.45 bits per heavy atom. The van der Waals surface area contributed by atoms with Crippen LogP contribution in [0.5, 0.6) is 0 Å². The van der Waals surface area contributed by atoms with Gasteiger partial charge in [0.05, 0.1) is 10.6 Å². The van der Waals surface area contributed by atoms with Crippen LogP contribution in [-0.4, -0.2) is 21.7 Å². The maximum absolute atomic E-state index is 5.74. The molecule has 22 heavy (non-hydrogen) atoms. The lowest BCUT2D eigenvalue weighted by Crippen LogP contribution is -1.96. The van der Waals surface area contributed by atoms with E-state index in [1.165, 1.54) is 11.3 Å². The van der Waals surface area contributed by atoms with Crippen molar-refractivity contribution in [1.29, 1.82) is 0 Å². The van der Waals surface area contributed by atoms with E-state index in [0.29, 0.717) is 12.4 Å². The molecule has 0 spiro atoms. The number of oxazole rings is 1. The van der Waals surface area contributed by atoms with Crippen LogP contribution in [0.15, 0.2) is 38.9 Å². The summed E-state index contributed by atoms with van der Waals surface area (Å²) in [4.78, 5) is 5.62. The van der Waals surface area contributed by atoms with Crippen LogP contribution >= 0.6 is 34.4 Å². The molecule has 0 bridgehead atoms. The Morgan fingerprint density at radius 2 is 2.36 bits per heavy atom. The Morgan fingerprint density at radius 3 is 3.14 bits per heavy atom. The zero-order chi connectivity index (χ0) is 15.4. The number of hydrogen-bond acceptors (Lipinski definition) is 8. The minimum atomic E-state index is 0.686. The first-order chi connectivity index (χ1) is 10.8. The molecule has 114 valence electrons. The van der Waals surface area contributed by atoms with Crippen molar-refractivity contribution in [3.8, 4) is 10.8 Å². The van der Waals surface area contributed by atoms with Gasteiger partial charge in [-0.1, -0.05) is 35.2 Å². The second-order valence-corrected chi connectivity index (χ2v) is 7.48. The lowest BCUT2D eigenvalue weighted by Gasteiger charge is -1.94. The van der Waals surface area contributed by atoms with Crippen molar-refractivity contribution in [2.45, 2.75) is 17.0 Å².